The lowest BCUT2D eigenvalue weighted by Crippen LogP contribution is -2.42. The second-order valence-corrected chi connectivity index (χ2v) is 16.7. The van der Waals surface area contributed by atoms with E-state index in [1.165, 1.54) is 154 Å². The highest BCUT2D eigenvalue weighted by Crippen LogP contribution is 2.15. The Morgan fingerprint density at radius 2 is 0.577 bits per heavy atom. The van der Waals surface area contributed by atoms with Gasteiger partial charge >= 0.3 is 0 Å². The van der Waals surface area contributed by atoms with Crippen molar-refractivity contribution in [3.63, 3.8) is 0 Å². The van der Waals surface area contributed by atoms with Gasteiger partial charge in [0, 0.05) is 25.9 Å². The minimum Gasteiger partial charge on any atom is -0.390 e. The van der Waals surface area contributed by atoms with Gasteiger partial charge in [-0.25, -0.2) is 0 Å². The normalized spacial score (nSPS) is 12.0. The van der Waals surface area contributed by atoms with Gasteiger partial charge in [0.15, 0.2) is 0 Å². The molecule has 0 aliphatic carbocycles. The highest BCUT2D eigenvalue weighted by Gasteiger charge is 2.16. The number of aliphatic hydroxyl groups excluding tert-OH is 1. The maximum absolute atomic E-state index is 11.3. The van der Waals surface area contributed by atoms with Crippen molar-refractivity contribution in [3.8, 4) is 0 Å². The molecule has 310 valence electrons. The topological polar surface area (TPSA) is 67.3 Å². The number of rotatable bonds is 44. The average molecular weight is 737 g/mol. The highest BCUT2D eigenvalue weighted by molar-refractivity contribution is 5.49. The summed E-state index contributed by atoms with van der Waals surface area (Å²) in [5.41, 5.74) is 0. The Balaban J connectivity index is 4.32. The average Bonchev–Trinajstić information content (AvgIpc) is 3.11. The third-order valence-corrected chi connectivity index (χ3v) is 10.7. The lowest BCUT2D eigenvalue weighted by Gasteiger charge is -2.30. The monoisotopic (exact) mass is 737 g/mol. The first-order valence-electron chi connectivity index (χ1n) is 22.7. The van der Waals surface area contributed by atoms with Gasteiger partial charge < -0.3 is 34.3 Å². The van der Waals surface area contributed by atoms with Crippen LogP contribution in [0, 0.1) is 0 Å². The van der Waals surface area contributed by atoms with Gasteiger partial charge in [-0.3, -0.25) is 0 Å². The Hall–Kier alpha value is -0.860. The van der Waals surface area contributed by atoms with E-state index in [9.17, 15) is 14.7 Å². The first kappa shape index (κ1) is 51.1. The number of unbranched alkanes of at least 4 members (excludes halogenated alkanes) is 26. The minimum atomic E-state index is -0.286. The first-order chi connectivity index (χ1) is 25.4. The fourth-order valence-electron chi connectivity index (χ4n) is 7.48. The van der Waals surface area contributed by atoms with Crippen LogP contribution < -0.4 is 0 Å². The zero-order valence-corrected chi connectivity index (χ0v) is 35.7. The lowest BCUT2D eigenvalue weighted by atomic mass is 10.0. The third kappa shape index (κ3) is 40.3. The molecular formula is C45H92N4O3. The molecule has 0 aromatic carbocycles. The van der Waals surface area contributed by atoms with Gasteiger partial charge in [0.25, 0.3) is 0 Å². The number of hydrogen-bond acceptors (Lipinski definition) is 7. The van der Waals surface area contributed by atoms with Gasteiger partial charge in [-0.05, 0) is 106 Å². The third-order valence-electron chi connectivity index (χ3n) is 10.7. The molecule has 0 radical (unpaired) electrons. The van der Waals surface area contributed by atoms with Gasteiger partial charge in [-0.2, -0.15) is 0 Å². The predicted octanol–water partition coefficient (Wildman–Crippen LogP) is 10.2. The van der Waals surface area contributed by atoms with E-state index in [1.54, 1.807) is 0 Å². The quantitative estimate of drug-likeness (QED) is 0.0493. The standard InChI is InChI=1S/C45H92N4O3/c1-46(2)35-33-39-48(37-29-25-21-17-13-9-5-7-11-15-19-23-27-31-41-50)43-45(52)44-49(40-34-36-47(3)4)38-30-26-22-18-14-10-6-8-12-16-20-24-28-32-42-51/h41-42,45,52H,5-40,43-44H2,1-4H3. The predicted molar refractivity (Wildman–Crippen MR) is 227 cm³/mol. The van der Waals surface area contributed by atoms with Crippen molar-refractivity contribution >= 4 is 12.6 Å². The number of aldehydes is 2. The molecule has 0 amide bonds. The minimum absolute atomic E-state index is 0.286. The summed E-state index contributed by atoms with van der Waals surface area (Å²) in [6.07, 6.45) is 39.7. The van der Waals surface area contributed by atoms with Gasteiger partial charge in [0.2, 0.25) is 0 Å². The van der Waals surface area contributed by atoms with Crippen molar-refractivity contribution < 1.29 is 14.7 Å². The molecule has 0 fully saturated rings. The van der Waals surface area contributed by atoms with Gasteiger partial charge in [0.05, 0.1) is 6.10 Å². The number of carbonyl (C=O) groups is 2. The van der Waals surface area contributed by atoms with Crippen LogP contribution in [0.5, 0.6) is 0 Å². The summed E-state index contributed by atoms with van der Waals surface area (Å²) in [7, 11) is 8.64. The van der Waals surface area contributed by atoms with Crippen LogP contribution in [0.3, 0.4) is 0 Å². The molecule has 0 bridgehead atoms. The van der Waals surface area contributed by atoms with E-state index in [-0.39, 0.29) is 6.10 Å². The van der Waals surface area contributed by atoms with Gasteiger partial charge in [0.1, 0.15) is 12.6 Å². The summed E-state index contributed by atoms with van der Waals surface area (Å²) >= 11 is 0. The van der Waals surface area contributed by atoms with E-state index < -0.39 is 0 Å². The zero-order chi connectivity index (χ0) is 38.2. The maximum atomic E-state index is 11.3. The molecule has 0 saturated carbocycles. The van der Waals surface area contributed by atoms with Crippen LogP contribution in [0.4, 0.5) is 0 Å². The lowest BCUT2D eigenvalue weighted by molar-refractivity contribution is -0.108. The summed E-state index contributed by atoms with van der Waals surface area (Å²) in [4.78, 5) is 30.5. The van der Waals surface area contributed by atoms with E-state index in [0.29, 0.717) is 0 Å². The van der Waals surface area contributed by atoms with Crippen molar-refractivity contribution in [2.24, 2.45) is 0 Å². The van der Waals surface area contributed by atoms with Crippen LogP contribution in [0.15, 0.2) is 0 Å². The molecule has 0 saturated heterocycles. The second kappa shape index (κ2) is 41.3. The number of aliphatic hydroxyl groups is 1. The van der Waals surface area contributed by atoms with E-state index in [0.717, 1.165) is 103 Å². The molecule has 0 aliphatic heterocycles. The Labute approximate surface area is 325 Å². The molecule has 52 heavy (non-hydrogen) atoms. The van der Waals surface area contributed by atoms with Crippen molar-refractivity contribution in [1.29, 1.82) is 0 Å². The Bertz CT molecular complexity index is 665. The molecule has 0 unspecified atom stereocenters. The molecule has 0 atom stereocenters. The van der Waals surface area contributed by atoms with Gasteiger partial charge in [-0.15, -0.1) is 0 Å². The summed E-state index contributed by atoms with van der Waals surface area (Å²) in [5, 5.41) is 11.3. The molecule has 0 aliphatic rings. The van der Waals surface area contributed by atoms with Crippen molar-refractivity contribution in [3.05, 3.63) is 0 Å². The Kier molecular flexibility index (Phi) is 40.6. The van der Waals surface area contributed by atoms with E-state index >= 15 is 0 Å². The van der Waals surface area contributed by atoms with E-state index in [4.69, 9.17) is 0 Å². The van der Waals surface area contributed by atoms with Crippen molar-refractivity contribution in [1.82, 2.24) is 19.6 Å². The summed E-state index contributed by atoms with van der Waals surface area (Å²) < 4.78 is 0. The first-order valence-corrected chi connectivity index (χ1v) is 22.7. The van der Waals surface area contributed by atoms with E-state index in [1.807, 2.05) is 0 Å². The molecule has 0 spiro atoms. The number of carbonyl (C=O) groups excluding carboxylic acids is 2. The summed E-state index contributed by atoms with van der Waals surface area (Å²) in [6.45, 7) is 8.19. The summed E-state index contributed by atoms with van der Waals surface area (Å²) in [5.74, 6) is 0. The Morgan fingerprint density at radius 1 is 0.346 bits per heavy atom. The Morgan fingerprint density at radius 3 is 0.827 bits per heavy atom. The van der Waals surface area contributed by atoms with Gasteiger partial charge in [-0.1, -0.05) is 141 Å². The molecule has 0 aromatic rings. The number of hydrogen-bond donors (Lipinski definition) is 1. The van der Waals surface area contributed by atoms with Crippen LogP contribution in [0.2, 0.25) is 0 Å². The molecular weight excluding hydrogens is 645 g/mol. The van der Waals surface area contributed by atoms with Crippen LogP contribution in [0.1, 0.15) is 193 Å². The smallest absolute Gasteiger partial charge is 0.119 e. The van der Waals surface area contributed by atoms with Crippen molar-refractivity contribution in [2.45, 2.75) is 199 Å². The maximum Gasteiger partial charge on any atom is 0.119 e. The van der Waals surface area contributed by atoms with Crippen LogP contribution in [-0.4, -0.2) is 124 Å². The fourth-order valence-corrected chi connectivity index (χ4v) is 7.48. The largest absolute Gasteiger partial charge is 0.390 e. The van der Waals surface area contributed by atoms with Crippen LogP contribution in [-0.2, 0) is 9.59 Å². The second-order valence-electron chi connectivity index (χ2n) is 16.7. The molecule has 0 heterocycles. The van der Waals surface area contributed by atoms with Crippen LogP contribution in [0.25, 0.3) is 0 Å². The summed E-state index contributed by atoms with van der Waals surface area (Å²) in [6, 6.07) is 0. The molecule has 7 heteroatoms. The van der Waals surface area contributed by atoms with Crippen molar-refractivity contribution in [2.75, 3.05) is 80.5 Å². The molecule has 7 nitrogen and oxygen atoms in total. The van der Waals surface area contributed by atoms with E-state index in [2.05, 4.69) is 47.8 Å². The fraction of sp³-hybridized carbons (Fsp3) is 0.956. The molecule has 0 rings (SSSR count). The highest BCUT2D eigenvalue weighted by atomic mass is 16.3. The molecule has 1 N–H and O–H groups in total. The van der Waals surface area contributed by atoms with Crippen LogP contribution >= 0.6 is 0 Å². The SMILES string of the molecule is CN(C)CCCN(CCCCCCCCCCCCCCCC=O)CC(O)CN(CCCCCCCCCCCCCCCC=O)CCCN(C)C. The zero-order valence-electron chi connectivity index (χ0n) is 35.7. The number of nitrogens with zero attached hydrogens (tertiary/aromatic N) is 4. The molecule has 0 aromatic heterocycles.